The molecule has 0 aliphatic carbocycles. The maximum Gasteiger partial charge on any atom is 0.243 e. The molecule has 1 saturated heterocycles. The highest BCUT2D eigenvalue weighted by Gasteiger charge is 2.33. The number of carbonyl (C=O) groups is 1. The van der Waals surface area contributed by atoms with Crippen molar-refractivity contribution in [2.45, 2.75) is 31.2 Å². The molecule has 0 atom stereocenters. The van der Waals surface area contributed by atoms with E-state index in [1.165, 1.54) is 4.31 Å². The molecule has 1 amide bonds. The molecule has 0 spiro atoms. The summed E-state index contributed by atoms with van der Waals surface area (Å²) in [5.41, 5.74) is 1.76. The Kier molecular flexibility index (Phi) is 6.34. The van der Waals surface area contributed by atoms with E-state index in [1.54, 1.807) is 24.4 Å². The Bertz CT molecular complexity index is 1160. The predicted octanol–water partition coefficient (Wildman–Crippen LogP) is 3.68. The number of piperidine rings is 1. The number of pyridine rings is 1. The van der Waals surface area contributed by atoms with Gasteiger partial charge in [0.05, 0.1) is 10.4 Å². The summed E-state index contributed by atoms with van der Waals surface area (Å²) >= 11 is 0. The number of aromatic nitrogens is 1. The Labute approximate surface area is 183 Å². The Morgan fingerprint density at radius 3 is 2.52 bits per heavy atom. The molecule has 2 aromatic carbocycles. The second-order valence-corrected chi connectivity index (χ2v) is 9.81. The Hall–Kier alpha value is -2.77. The molecule has 162 valence electrons. The first-order chi connectivity index (χ1) is 15.0. The molecule has 1 aliphatic heterocycles. The smallest absolute Gasteiger partial charge is 0.243 e. The lowest BCUT2D eigenvalue weighted by atomic mass is 9.96. The van der Waals surface area contributed by atoms with E-state index in [4.69, 9.17) is 0 Å². The lowest BCUT2D eigenvalue weighted by Gasteiger charge is -2.33. The molecular weight excluding hydrogens is 410 g/mol. The maximum absolute atomic E-state index is 13.1. The van der Waals surface area contributed by atoms with Crippen LogP contribution in [0.25, 0.3) is 10.9 Å². The highest BCUT2D eigenvalue weighted by molar-refractivity contribution is 7.89. The minimum atomic E-state index is -3.61. The van der Waals surface area contributed by atoms with Crippen molar-refractivity contribution in [3.05, 3.63) is 72.4 Å². The molecule has 1 aliphatic rings. The predicted molar refractivity (Wildman–Crippen MR) is 121 cm³/mol. The summed E-state index contributed by atoms with van der Waals surface area (Å²) in [6, 6.07) is 18.7. The average Bonchev–Trinajstić information content (AvgIpc) is 2.82. The number of fused-ring (bicyclic) bond motifs is 1. The van der Waals surface area contributed by atoms with Gasteiger partial charge >= 0.3 is 0 Å². The topological polar surface area (TPSA) is 70.6 Å². The highest BCUT2D eigenvalue weighted by Crippen LogP contribution is 2.27. The van der Waals surface area contributed by atoms with Gasteiger partial charge in [0, 0.05) is 43.7 Å². The number of carbonyl (C=O) groups excluding carboxylic acids is 1. The number of benzene rings is 2. The first-order valence-corrected chi connectivity index (χ1v) is 12.1. The molecule has 2 heterocycles. The van der Waals surface area contributed by atoms with Gasteiger partial charge in [-0.05, 0) is 43.5 Å². The second kappa shape index (κ2) is 9.16. The van der Waals surface area contributed by atoms with Crippen LogP contribution in [-0.2, 0) is 21.4 Å². The van der Waals surface area contributed by atoms with Crippen molar-refractivity contribution in [2.24, 2.45) is 5.92 Å². The van der Waals surface area contributed by atoms with Crippen LogP contribution in [0.15, 0.2) is 71.8 Å². The molecule has 0 bridgehead atoms. The van der Waals surface area contributed by atoms with Crippen LogP contribution in [0.3, 0.4) is 0 Å². The summed E-state index contributed by atoms with van der Waals surface area (Å²) in [5.74, 6) is -0.0355. The van der Waals surface area contributed by atoms with Gasteiger partial charge in [0.15, 0.2) is 0 Å². The molecule has 1 fully saturated rings. The summed E-state index contributed by atoms with van der Waals surface area (Å²) in [7, 11) is -3.61. The third-order valence-electron chi connectivity index (χ3n) is 5.93. The van der Waals surface area contributed by atoms with E-state index < -0.39 is 10.0 Å². The minimum absolute atomic E-state index is 0.110. The fourth-order valence-corrected chi connectivity index (χ4v) is 5.60. The molecule has 7 heteroatoms. The van der Waals surface area contributed by atoms with E-state index in [0.29, 0.717) is 44.5 Å². The van der Waals surface area contributed by atoms with Gasteiger partial charge in [-0.25, -0.2) is 8.42 Å². The van der Waals surface area contributed by atoms with Crippen LogP contribution in [-0.4, -0.2) is 48.1 Å². The van der Waals surface area contributed by atoms with Crippen LogP contribution in [0.5, 0.6) is 0 Å². The molecule has 0 radical (unpaired) electrons. The van der Waals surface area contributed by atoms with Crippen LogP contribution in [0.1, 0.15) is 25.3 Å². The van der Waals surface area contributed by atoms with Crippen molar-refractivity contribution in [1.29, 1.82) is 0 Å². The molecule has 6 nitrogen and oxygen atoms in total. The van der Waals surface area contributed by atoms with Crippen molar-refractivity contribution in [1.82, 2.24) is 14.2 Å². The van der Waals surface area contributed by atoms with Gasteiger partial charge in [0.2, 0.25) is 15.9 Å². The first kappa shape index (κ1) is 21.5. The van der Waals surface area contributed by atoms with Gasteiger partial charge in [-0.15, -0.1) is 0 Å². The fourth-order valence-electron chi connectivity index (χ4n) is 4.11. The summed E-state index contributed by atoms with van der Waals surface area (Å²) < 4.78 is 27.8. The van der Waals surface area contributed by atoms with Crippen LogP contribution in [0.2, 0.25) is 0 Å². The third-order valence-corrected chi connectivity index (χ3v) is 7.82. The van der Waals surface area contributed by atoms with Gasteiger partial charge in [-0.2, -0.15) is 4.31 Å². The molecule has 0 unspecified atom stereocenters. The molecular formula is C24H27N3O3S. The van der Waals surface area contributed by atoms with Gasteiger partial charge in [0.25, 0.3) is 0 Å². The number of sulfonamides is 1. The average molecular weight is 438 g/mol. The number of nitrogens with zero attached hydrogens (tertiary/aromatic N) is 3. The molecule has 0 saturated carbocycles. The van der Waals surface area contributed by atoms with Gasteiger partial charge in [-0.1, -0.05) is 42.5 Å². The van der Waals surface area contributed by atoms with E-state index in [9.17, 15) is 13.2 Å². The van der Waals surface area contributed by atoms with Crippen molar-refractivity contribution in [3.8, 4) is 0 Å². The summed E-state index contributed by atoms with van der Waals surface area (Å²) in [4.78, 5) is 19.4. The van der Waals surface area contributed by atoms with E-state index in [1.807, 2.05) is 54.3 Å². The SMILES string of the molecule is CCN(Cc1ccccc1)C(=O)C1CCN(S(=O)(=O)c2ccc3cccnc3c2)CC1. The zero-order valence-electron chi connectivity index (χ0n) is 17.6. The van der Waals surface area contributed by atoms with Gasteiger partial charge in [0.1, 0.15) is 0 Å². The summed E-state index contributed by atoms with van der Waals surface area (Å²) in [6.07, 6.45) is 2.73. The van der Waals surface area contributed by atoms with Crippen LogP contribution >= 0.6 is 0 Å². The zero-order valence-corrected chi connectivity index (χ0v) is 18.5. The van der Waals surface area contributed by atoms with Crippen LogP contribution in [0.4, 0.5) is 0 Å². The van der Waals surface area contributed by atoms with E-state index in [-0.39, 0.29) is 16.7 Å². The Morgan fingerprint density at radius 2 is 1.81 bits per heavy atom. The standard InChI is InChI=1S/C24H27N3O3S/c1-2-26(18-19-7-4-3-5-8-19)24(28)21-12-15-27(16-13-21)31(29,30)22-11-10-20-9-6-14-25-23(20)17-22/h3-11,14,17,21H,2,12-13,15-16,18H2,1H3. The monoisotopic (exact) mass is 437 g/mol. The second-order valence-electron chi connectivity index (χ2n) is 7.87. The molecule has 3 aromatic rings. The van der Waals surface area contributed by atoms with E-state index in [0.717, 1.165) is 10.9 Å². The van der Waals surface area contributed by atoms with Crippen molar-refractivity contribution in [3.63, 3.8) is 0 Å². The normalized spacial score (nSPS) is 15.8. The molecule has 1 aromatic heterocycles. The number of hydrogen-bond donors (Lipinski definition) is 0. The number of rotatable bonds is 6. The Morgan fingerprint density at radius 1 is 1.06 bits per heavy atom. The zero-order chi connectivity index (χ0) is 21.8. The quantitative estimate of drug-likeness (QED) is 0.590. The lowest BCUT2D eigenvalue weighted by molar-refractivity contribution is -0.137. The highest BCUT2D eigenvalue weighted by atomic mass is 32.2. The summed E-state index contributed by atoms with van der Waals surface area (Å²) in [6.45, 7) is 3.90. The molecule has 0 N–H and O–H groups in total. The van der Waals surface area contributed by atoms with E-state index in [2.05, 4.69) is 4.98 Å². The maximum atomic E-state index is 13.1. The van der Waals surface area contributed by atoms with Crippen molar-refractivity contribution < 1.29 is 13.2 Å². The van der Waals surface area contributed by atoms with Crippen LogP contribution in [0, 0.1) is 5.92 Å². The number of amides is 1. The third kappa shape index (κ3) is 4.62. The van der Waals surface area contributed by atoms with E-state index >= 15 is 0 Å². The van der Waals surface area contributed by atoms with Crippen molar-refractivity contribution >= 4 is 26.8 Å². The number of hydrogen-bond acceptors (Lipinski definition) is 4. The Balaban J connectivity index is 1.42. The first-order valence-electron chi connectivity index (χ1n) is 10.7. The largest absolute Gasteiger partial charge is 0.338 e. The summed E-state index contributed by atoms with van der Waals surface area (Å²) in [5, 5.41) is 0.906. The fraction of sp³-hybridized carbons (Fsp3) is 0.333. The van der Waals surface area contributed by atoms with Gasteiger partial charge in [-0.3, -0.25) is 9.78 Å². The lowest BCUT2D eigenvalue weighted by Crippen LogP contribution is -2.44. The van der Waals surface area contributed by atoms with Crippen LogP contribution < -0.4 is 0 Å². The minimum Gasteiger partial charge on any atom is -0.338 e. The van der Waals surface area contributed by atoms with Crippen molar-refractivity contribution in [2.75, 3.05) is 19.6 Å². The molecule has 31 heavy (non-hydrogen) atoms. The van der Waals surface area contributed by atoms with Gasteiger partial charge < -0.3 is 4.90 Å². The molecule has 4 rings (SSSR count).